The van der Waals surface area contributed by atoms with Crippen LogP contribution < -0.4 is 31.9 Å². The fourth-order valence-corrected chi connectivity index (χ4v) is 12.2. The number of nitrogens with zero attached hydrogens (tertiary/aromatic N) is 6. The predicted octanol–water partition coefficient (Wildman–Crippen LogP) is 2.97. The van der Waals surface area contributed by atoms with Crippen LogP contribution in [0.4, 0.5) is 9.59 Å². The molecule has 80 heavy (non-hydrogen) atoms. The van der Waals surface area contributed by atoms with Gasteiger partial charge in [0.15, 0.2) is 0 Å². The van der Waals surface area contributed by atoms with Crippen LogP contribution >= 0.6 is 0 Å². The lowest BCUT2D eigenvalue weighted by Crippen LogP contribution is -2.64. The van der Waals surface area contributed by atoms with E-state index in [-0.39, 0.29) is 101 Å². The second-order valence-electron chi connectivity index (χ2n) is 21.6. The fraction of sp³-hybridized carbons (Fsp3) is 0.467. The summed E-state index contributed by atoms with van der Waals surface area (Å²) in [6.07, 6.45) is 3.13. The Morgan fingerprint density at radius 1 is 0.500 bits per heavy atom. The number of carbonyl (C=O) groups is 8. The van der Waals surface area contributed by atoms with E-state index in [0.717, 1.165) is 22.3 Å². The van der Waals surface area contributed by atoms with Gasteiger partial charge in [-0.3, -0.25) is 28.8 Å². The van der Waals surface area contributed by atoms with Crippen LogP contribution in [0.25, 0.3) is 0 Å². The zero-order chi connectivity index (χ0) is 56.3. The molecule has 424 valence electrons. The standard InChI is InChI=1S/C60H76N12O8/c1-40(62-3)55(75)64-49-39-70(31-29-46-26-27-50(72(46)58(49)78)56(76)66-54(43-20-12-6-13-21-43)44-22-14-7-15-23-44)60(80)68-34-32-67(33-35-68)59(79)69-30-28-45-24-25-47(71(45)57(77)48(38-69)63-52(74)37-61-2)36-51(73)65-53(41-16-8-4-9-17-41)42-18-10-5-11-19-42/h4-23,40,45-50,53-54,61-62H,24-39H2,1-3H3,(H,63,74)(H,64,75)(H,65,73)(H,66,76). The van der Waals surface area contributed by atoms with Gasteiger partial charge in [-0.15, -0.1) is 0 Å². The molecule has 5 heterocycles. The van der Waals surface area contributed by atoms with E-state index in [1.165, 1.54) is 0 Å². The summed E-state index contributed by atoms with van der Waals surface area (Å²) in [6.45, 7) is 2.76. The average Bonchev–Trinajstić information content (AvgIpc) is 4.17. The number of hydrogen-bond donors (Lipinski definition) is 6. The number of fused-ring (bicyclic) bond motifs is 2. The lowest BCUT2D eigenvalue weighted by molar-refractivity contribution is -0.145. The highest BCUT2D eigenvalue weighted by Gasteiger charge is 2.48. The van der Waals surface area contributed by atoms with Crippen molar-refractivity contribution < 1.29 is 38.4 Å². The van der Waals surface area contributed by atoms with E-state index in [0.29, 0.717) is 45.1 Å². The number of urea groups is 2. The molecule has 4 aromatic rings. The highest BCUT2D eigenvalue weighted by atomic mass is 16.2. The molecule has 0 spiro atoms. The monoisotopic (exact) mass is 1090 g/mol. The van der Waals surface area contributed by atoms with Crippen LogP contribution in [0, 0.1) is 0 Å². The summed E-state index contributed by atoms with van der Waals surface area (Å²) in [5.41, 5.74) is 3.65. The van der Waals surface area contributed by atoms with Crippen molar-refractivity contribution in [3.63, 3.8) is 0 Å². The number of carbonyl (C=O) groups excluding carboxylic acids is 8. The zero-order valence-electron chi connectivity index (χ0n) is 46.0. The minimum atomic E-state index is -1.15. The molecule has 20 heteroatoms. The van der Waals surface area contributed by atoms with Gasteiger partial charge >= 0.3 is 12.1 Å². The number of piperazine rings is 1. The third-order valence-corrected chi connectivity index (χ3v) is 16.5. The van der Waals surface area contributed by atoms with Crippen molar-refractivity contribution in [2.75, 3.05) is 73.0 Å². The smallest absolute Gasteiger partial charge is 0.320 e. The minimum Gasteiger partial charge on any atom is -0.345 e. The van der Waals surface area contributed by atoms with Crippen molar-refractivity contribution in [2.24, 2.45) is 0 Å². The number of amides is 10. The summed E-state index contributed by atoms with van der Waals surface area (Å²) in [4.78, 5) is 124. The molecule has 10 amide bonds. The Balaban J connectivity index is 0.844. The molecule has 0 aliphatic carbocycles. The number of benzene rings is 4. The first-order chi connectivity index (χ1) is 38.8. The number of nitrogens with one attached hydrogen (secondary N) is 6. The Morgan fingerprint density at radius 2 is 0.938 bits per heavy atom. The molecule has 4 aromatic carbocycles. The molecule has 20 nitrogen and oxygen atoms in total. The summed E-state index contributed by atoms with van der Waals surface area (Å²) in [6, 6.07) is 32.6. The number of hydrogen-bond acceptors (Lipinski definition) is 10. The van der Waals surface area contributed by atoms with E-state index in [1.807, 2.05) is 121 Å². The van der Waals surface area contributed by atoms with Crippen LogP contribution in [0.1, 0.15) is 86.2 Å². The minimum absolute atomic E-state index is 0.0436. The van der Waals surface area contributed by atoms with Crippen molar-refractivity contribution in [1.82, 2.24) is 61.3 Å². The van der Waals surface area contributed by atoms with Gasteiger partial charge in [-0.25, -0.2) is 9.59 Å². The lowest BCUT2D eigenvalue weighted by Gasteiger charge is -2.43. The van der Waals surface area contributed by atoms with Gasteiger partial charge in [0.25, 0.3) is 0 Å². The molecule has 5 aliphatic rings. The Hall–Kier alpha value is -7.84. The van der Waals surface area contributed by atoms with Gasteiger partial charge in [0, 0.05) is 63.8 Å². The normalized spacial score (nSPS) is 22.8. The molecule has 5 saturated heterocycles. The molecule has 6 N–H and O–H groups in total. The van der Waals surface area contributed by atoms with Crippen molar-refractivity contribution in [3.8, 4) is 0 Å². The van der Waals surface area contributed by atoms with Gasteiger partial charge in [-0.2, -0.15) is 0 Å². The lowest BCUT2D eigenvalue weighted by atomic mass is 9.98. The van der Waals surface area contributed by atoms with E-state index < -0.39 is 60.0 Å². The first kappa shape index (κ1) is 56.9. The van der Waals surface area contributed by atoms with Crippen LogP contribution in [0.2, 0.25) is 0 Å². The first-order valence-corrected chi connectivity index (χ1v) is 28.2. The maximum absolute atomic E-state index is 14.8. The summed E-state index contributed by atoms with van der Waals surface area (Å²) < 4.78 is 0. The van der Waals surface area contributed by atoms with E-state index in [9.17, 15) is 38.4 Å². The molecule has 0 radical (unpaired) electrons. The summed E-state index contributed by atoms with van der Waals surface area (Å²) >= 11 is 0. The fourth-order valence-electron chi connectivity index (χ4n) is 12.2. The molecular weight excluding hydrogens is 1020 g/mol. The topological polar surface area (TPSA) is 228 Å². The van der Waals surface area contributed by atoms with E-state index in [4.69, 9.17) is 0 Å². The van der Waals surface area contributed by atoms with Crippen LogP contribution in [-0.2, 0) is 28.8 Å². The van der Waals surface area contributed by atoms with Gasteiger partial charge in [0.05, 0.1) is 37.8 Å². The molecular formula is C60H76N12O8. The third kappa shape index (κ3) is 13.2. The summed E-state index contributed by atoms with van der Waals surface area (Å²) in [7, 11) is 3.28. The Morgan fingerprint density at radius 3 is 1.41 bits per heavy atom. The maximum Gasteiger partial charge on any atom is 0.320 e. The maximum atomic E-state index is 14.8. The number of likely N-dealkylation sites (N-methyl/N-ethyl adjacent to an activating group) is 2. The van der Waals surface area contributed by atoms with Crippen LogP contribution in [0.5, 0.6) is 0 Å². The van der Waals surface area contributed by atoms with Crippen molar-refractivity contribution in [3.05, 3.63) is 144 Å². The van der Waals surface area contributed by atoms with Crippen LogP contribution in [-0.4, -0.2) is 192 Å². The van der Waals surface area contributed by atoms with Crippen molar-refractivity contribution in [2.45, 2.75) is 106 Å². The molecule has 9 rings (SSSR count). The highest BCUT2D eigenvalue weighted by molar-refractivity contribution is 5.95. The Labute approximate surface area is 468 Å². The van der Waals surface area contributed by atoms with Gasteiger partial charge in [0.1, 0.15) is 18.1 Å². The van der Waals surface area contributed by atoms with Crippen LogP contribution in [0.3, 0.4) is 0 Å². The second kappa shape index (κ2) is 26.4. The van der Waals surface area contributed by atoms with Crippen molar-refractivity contribution in [1.29, 1.82) is 0 Å². The zero-order valence-corrected chi connectivity index (χ0v) is 46.0. The van der Waals surface area contributed by atoms with E-state index in [2.05, 4.69) is 31.9 Å². The molecule has 5 aliphatic heterocycles. The van der Waals surface area contributed by atoms with Gasteiger partial charge < -0.3 is 61.3 Å². The molecule has 0 aromatic heterocycles. The quantitative estimate of drug-likeness (QED) is 0.102. The van der Waals surface area contributed by atoms with Gasteiger partial charge in [-0.1, -0.05) is 121 Å². The second-order valence-corrected chi connectivity index (χ2v) is 21.6. The highest BCUT2D eigenvalue weighted by Crippen LogP contribution is 2.34. The van der Waals surface area contributed by atoms with Crippen molar-refractivity contribution >= 4 is 47.5 Å². The van der Waals surface area contributed by atoms with Gasteiger partial charge in [0.2, 0.25) is 35.4 Å². The SMILES string of the molecule is CNCC(=O)NC1CN(C(=O)N2CCN(C(=O)N3CCC4CCC(C(=O)NC(c5ccccc5)c5ccccc5)N4C(=O)C(NC(=O)C(C)NC)C3)CC2)CCC2CCC(CC(=O)NC(c3ccccc3)c3ccccc3)N2C1=O. The van der Waals surface area contributed by atoms with E-state index in [1.54, 1.807) is 50.4 Å². The molecule has 7 unspecified atom stereocenters. The largest absolute Gasteiger partial charge is 0.345 e. The summed E-state index contributed by atoms with van der Waals surface area (Å²) in [5.74, 6) is -2.11. The Bertz CT molecular complexity index is 2730. The number of rotatable bonds is 15. The predicted molar refractivity (Wildman–Crippen MR) is 300 cm³/mol. The first-order valence-electron chi connectivity index (χ1n) is 28.2. The van der Waals surface area contributed by atoms with Gasteiger partial charge in [-0.05, 0) is 81.8 Å². The van der Waals surface area contributed by atoms with Crippen LogP contribution in [0.15, 0.2) is 121 Å². The third-order valence-electron chi connectivity index (χ3n) is 16.5. The Kier molecular flexibility index (Phi) is 18.8. The molecule has 0 bridgehead atoms. The van der Waals surface area contributed by atoms with E-state index >= 15 is 0 Å². The molecule has 7 atom stereocenters. The molecule has 0 saturated carbocycles. The average molecular weight is 1090 g/mol. The summed E-state index contributed by atoms with van der Waals surface area (Å²) in [5, 5.41) is 18.0. The molecule has 5 fully saturated rings.